The first kappa shape index (κ1) is 16.3. The fourth-order valence-electron chi connectivity index (χ4n) is 1.60. The lowest BCUT2D eigenvalue weighted by Gasteiger charge is -2.15. The van der Waals surface area contributed by atoms with Crippen LogP contribution in [0.3, 0.4) is 0 Å². The highest BCUT2D eigenvalue weighted by Crippen LogP contribution is 2.28. The van der Waals surface area contributed by atoms with Crippen LogP contribution >= 0.6 is 27.3 Å². The van der Waals surface area contributed by atoms with Crippen molar-refractivity contribution in [2.45, 2.75) is 4.21 Å². The molecule has 0 unspecified atom stereocenters. The molecular formula is C13H11BrFNO3S2. The van der Waals surface area contributed by atoms with Crippen molar-refractivity contribution in [3.63, 3.8) is 0 Å². The molecule has 0 spiro atoms. The second kappa shape index (κ2) is 6.35. The lowest BCUT2D eigenvalue weighted by atomic mass is 10.1. The average Bonchev–Trinajstić information content (AvgIpc) is 2.86. The molecule has 0 aliphatic heterocycles. The van der Waals surface area contributed by atoms with E-state index in [1.165, 1.54) is 25.2 Å². The van der Waals surface area contributed by atoms with E-state index in [0.717, 1.165) is 27.8 Å². The highest BCUT2D eigenvalue weighted by Gasteiger charge is 2.24. The van der Waals surface area contributed by atoms with Crippen LogP contribution in [-0.2, 0) is 10.0 Å². The second-order valence-electron chi connectivity index (χ2n) is 4.25. The molecule has 0 saturated heterocycles. The van der Waals surface area contributed by atoms with Crippen LogP contribution in [0.4, 0.5) is 4.39 Å². The molecule has 1 aromatic carbocycles. The minimum absolute atomic E-state index is 0.156. The van der Waals surface area contributed by atoms with E-state index in [4.69, 9.17) is 0 Å². The molecule has 4 nitrogen and oxygen atoms in total. The number of Topliss-reactive ketones (excluding diaryl/α,β-unsaturated/α-hetero) is 1. The summed E-state index contributed by atoms with van der Waals surface area (Å²) in [6.07, 6.45) is 0. The Bertz CT molecular complexity index is 756. The quantitative estimate of drug-likeness (QED) is 0.735. The third-order valence-corrected chi connectivity index (χ3v) is 6.64. The number of halogens is 2. The molecule has 0 radical (unpaired) electrons. The molecule has 1 aromatic heterocycles. The van der Waals surface area contributed by atoms with Crippen LogP contribution < -0.4 is 0 Å². The van der Waals surface area contributed by atoms with E-state index in [1.54, 1.807) is 6.07 Å². The third-order valence-electron chi connectivity index (χ3n) is 2.75. The fourth-order valence-corrected chi connectivity index (χ4v) is 4.95. The minimum atomic E-state index is -3.70. The lowest BCUT2D eigenvalue weighted by molar-refractivity contribution is 0.0973. The van der Waals surface area contributed by atoms with Crippen molar-refractivity contribution >= 4 is 43.1 Å². The number of nitrogens with zero attached hydrogens (tertiary/aromatic N) is 1. The van der Waals surface area contributed by atoms with Gasteiger partial charge < -0.3 is 0 Å². The van der Waals surface area contributed by atoms with Gasteiger partial charge in [-0.05, 0) is 52.3 Å². The first-order valence-corrected chi connectivity index (χ1v) is 8.86. The van der Waals surface area contributed by atoms with Gasteiger partial charge in [0.2, 0.25) is 0 Å². The van der Waals surface area contributed by atoms with Crippen LogP contribution in [0.15, 0.2) is 44.4 Å². The molecule has 0 aliphatic rings. The zero-order chi connectivity index (χ0) is 15.6. The Morgan fingerprint density at radius 2 is 1.86 bits per heavy atom. The molecule has 1 heterocycles. The largest absolute Gasteiger partial charge is 0.293 e. The normalized spacial score (nSPS) is 11.8. The molecule has 2 rings (SSSR count). The van der Waals surface area contributed by atoms with Gasteiger partial charge in [-0.15, -0.1) is 11.3 Å². The van der Waals surface area contributed by atoms with Crippen LogP contribution in [0.1, 0.15) is 10.4 Å². The number of carbonyl (C=O) groups excluding carboxylic acids is 1. The van der Waals surface area contributed by atoms with Gasteiger partial charge >= 0.3 is 0 Å². The molecule has 0 atom stereocenters. The molecule has 0 aliphatic carbocycles. The van der Waals surface area contributed by atoms with E-state index in [2.05, 4.69) is 15.9 Å². The number of ketones is 1. The molecule has 0 fully saturated rings. The van der Waals surface area contributed by atoms with Gasteiger partial charge in [0.05, 0.1) is 10.3 Å². The van der Waals surface area contributed by atoms with Gasteiger partial charge in [-0.1, -0.05) is 0 Å². The van der Waals surface area contributed by atoms with Crippen molar-refractivity contribution in [1.82, 2.24) is 4.31 Å². The summed E-state index contributed by atoms with van der Waals surface area (Å²) in [6.45, 7) is -0.302. The number of thiophene rings is 1. The molecule has 0 saturated carbocycles. The van der Waals surface area contributed by atoms with Gasteiger partial charge in [0, 0.05) is 12.6 Å². The Labute approximate surface area is 134 Å². The van der Waals surface area contributed by atoms with Crippen molar-refractivity contribution in [3.8, 4) is 0 Å². The minimum Gasteiger partial charge on any atom is -0.293 e. The number of hydrogen-bond donors (Lipinski definition) is 0. The van der Waals surface area contributed by atoms with E-state index in [1.807, 2.05) is 0 Å². The number of likely N-dealkylation sites (N-methyl/N-ethyl adjacent to an activating group) is 1. The molecule has 0 bridgehead atoms. The Kier molecular flexibility index (Phi) is 4.92. The van der Waals surface area contributed by atoms with Crippen molar-refractivity contribution in [2.24, 2.45) is 0 Å². The maximum atomic E-state index is 12.8. The van der Waals surface area contributed by atoms with Crippen molar-refractivity contribution in [3.05, 3.63) is 51.6 Å². The van der Waals surface area contributed by atoms with Gasteiger partial charge in [0.15, 0.2) is 5.78 Å². The van der Waals surface area contributed by atoms with Gasteiger partial charge in [-0.25, -0.2) is 12.8 Å². The summed E-state index contributed by atoms with van der Waals surface area (Å²) in [5.41, 5.74) is 0.269. The summed E-state index contributed by atoms with van der Waals surface area (Å²) in [6, 6.07) is 8.10. The number of hydrogen-bond acceptors (Lipinski definition) is 4. The molecular weight excluding hydrogens is 381 g/mol. The van der Waals surface area contributed by atoms with Gasteiger partial charge in [0.25, 0.3) is 10.0 Å². The Morgan fingerprint density at radius 3 is 2.38 bits per heavy atom. The highest BCUT2D eigenvalue weighted by atomic mass is 79.9. The zero-order valence-corrected chi connectivity index (χ0v) is 14.1. The Balaban J connectivity index is 2.15. The number of benzene rings is 1. The summed E-state index contributed by atoms with van der Waals surface area (Å²) < 4.78 is 39.2. The number of sulfonamides is 1. The third kappa shape index (κ3) is 3.76. The standard InChI is InChI=1S/C13H11BrFNO3S2/c1-16(21(18,19)13-7-6-12(14)20-13)8-11(17)9-2-4-10(15)5-3-9/h2-7H,8H2,1H3. The lowest BCUT2D eigenvalue weighted by Crippen LogP contribution is -2.31. The van der Waals surface area contributed by atoms with Crippen molar-refractivity contribution in [2.75, 3.05) is 13.6 Å². The zero-order valence-electron chi connectivity index (χ0n) is 10.9. The highest BCUT2D eigenvalue weighted by molar-refractivity contribution is 9.11. The molecule has 8 heteroatoms. The summed E-state index contributed by atoms with van der Waals surface area (Å²) >= 11 is 4.28. The maximum absolute atomic E-state index is 12.8. The smallest absolute Gasteiger partial charge is 0.252 e. The molecule has 0 amide bonds. The molecule has 112 valence electrons. The van der Waals surface area contributed by atoms with E-state index in [0.29, 0.717) is 3.79 Å². The topological polar surface area (TPSA) is 54.5 Å². The van der Waals surface area contributed by atoms with E-state index < -0.39 is 21.6 Å². The van der Waals surface area contributed by atoms with Crippen LogP contribution in [0.5, 0.6) is 0 Å². The predicted molar refractivity (Wildman–Crippen MR) is 82.6 cm³/mol. The summed E-state index contributed by atoms with van der Waals surface area (Å²) in [5, 5.41) is 0. The predicted octanol–water partition coefficient (Wildman–Crippen LogP) is 3.15. The van der Waals surface area contributed by atoms with Crippen LogP contribution in [0.25, 0.3) is 0 Å². The Hall–Kier alpha value is -1.09. The monoisotopic (exact) mass is 391 g/mol. The summed E-state index contributed by atoms with van der Waals surface area (Å²) in [7, 11) is -2.36. The Morgan fingerprint density at radius 1 is 1.24 bits per heavy atom. The van der Waals surface area contributed by atoms with E-state index in [-0.39, 0.29) is 16.3 Å². The number of carbonyl (C=O) groups is 1. The van der Waals surface area contributed by atoms with Crippen LogP contribution in [0.2, 0.25) is 0 Å². The first-order valence-electron chi connectivity index (χ1n) is 5.81. The van der Waals surface area contributed by atoms with Crippen molar-refractivity contribution < 1.29 is 17.6 Å². The SMILES string of the molecule is CN(CC(=O)c1ccc(F)cc1)S(=O)(=O)c1ccc(Br)s1. The van der Waals surface area contributed by atoms with Crippen LogP contribution in [0, 0.1) is 5.82 Å². The van der Waals surface area contributed by atoms with Gasteiger partial charge in [0.1, 0.15) is 10.0 Å². The number of rotatable bonds is 5. The fraction of sp³-hybridized carbons (Fsp3) is 0.154. The molecule has 0 N–H and O–H groups in total. The second-order valence-corrected chi connectivity index (χ2v) is 8.98. The summed E-state index contributed by atoms with van der Waals surface area (Å²) in [5.74, 6) is -0.840. The van der Waals surface area contributed by atoms with Gasteiger partial charge in [-0.2, -0.15) is 4.31 Å². The summed E-state index contributed by atoms with van der Waals surface area (Å²) in [4.78, 5) is 12.0. The van der Waals surface area contributed by atoms with Gasteiger partial charge in [-0.3, -0.25) is 4.79 Å². The van der Waals surface area contributed by atoms with Crippen LogP contribution in [-0.4, -0.2) is 32.1 Å². The molecule has 21 heavy (non-hydrogen) atoms. The first-order chi connectivity index (χ1) is 9.80. The average molecular weight is 392 g/mol. The van der Waals surface area contributed by atoms with E-state index in [9.17, 15) is 17.6 Å². The molecule has 2 aromatic rings. The van der Waals surface area contributed by atoms with E-state index >= 15 is 0 Å². The maximum Gasteiger partial charge on any atom is 0.252 e. The van der Waals surface area contributed by atoms with Crippen molar-refractivity contribution in [1.29, 1.82) is 0 Å².